The van der Waals surface area contributed by atoms with Crippen molar-refractivity contribution in [2.75, 3.05) is 6.61 Å². The van der Waals surface area contributed by atoms with Crippen molar-refractivity contribution in [3.63, 3.8) is 0 Å². The normalized spacial score (nSPS) is 11.0. The Kier molecular flexibility index (Phi) is 4.86. The zero-order chi connectivity index (χ0) is 12.9. The molecule has 1 rings (SSSR count). The number of para-hydroxylation sites is 1. The van der Waals surface area contributed by atoms with Gasteiger partial charge in [0.15, 0.2) is 0 Å². The zero-order valence-corrected chi connectivity index (χ0v) is 11.3. The Balaban J connectivity index is 2.83. The van der Waals surface area contributed by atoms with Crippen LogP contribution >= 0.6 is 11.6 Å². The lowest BCUT2D eigenvalue weighted by Crippen LogP contribution is -2.35. The van der Waals surface area contributed by atoms with Gasteiger partial charge in [-0.05, 0) is 26.8 Å². The van der Waals surface area contributed by atoms with Crippen molar-refractivity contribution in [3.8, 4) is 18.1 Å². The van der Waals surface area contributed by atoms with E-state index in [0.717, 1.165) is 5.56 Å². The molecule has 0 aliphatic rings. The second kappa shape index (κ2) is 5.95. The predicted molar refractivity (Wildman–Crippen MR) is 72.4 cm³/mol. The quantitative estimate of drug-likeness (QED) is 0.830. The van der Waals surface area contributed by atoms with Crippen molar-refractivity contribution in [1.82, 2.24) is 5.32 Å². The first kappa shape index (κ1) is 13.9. The fourth-order valence-electron chi connectivity index (χ4n) is 1.33. The first-order valence-electron chi connectivity index (χ1n) is 5.53. The molecule has 0 aliphatic carbocycles. The molecule has 0 amide bonds. The lowest BCUT2D eigenvalue weighted by atomic mass is 10.1. The van der Waals surface area contributed by atoms with Crippen molar-refractivity contribution in [2.45, 2.75) is 32.9 Å². The van der Waals surface area contributed by atoms with E-state index in [-0.39, 0.29) is 12.1 Å². The van der Waals surface area contributed by atoms with Gasteiger partial charge in [0.05, 0.1) is 5.02 Å². The predicted octanol–water partition coefficient (Wildman–Crippen LogP) is 3.24. The van der Waals surface area contributed by atoms with Crippen LogP contribution in [0.1, 0.15) is 26.3 Å². The second-order valence-corrected chi connectivity index (χ2v) is 5.23. The summed E-state index contributed by atoms with van der Waals surface area (Å²) in [7, 11) is 0. The number of hydrogen-bond acceptors (Lipinski definition) is 2. The molecule has 0 saturated carbocycles. The van der Waals surface area contributed by atoms with E-state index >= 15 is 0 Å². The molecule has 1 aromatic carbocycles. The molecule has 1 N–H and O–H groups in total. The van der Waals surface area contributed by atoms with Crippen LogP contribution in [-0.4, -0.2) is 12.1 Å². The van der Waals surface area contributed by atoms with Gasteiger partial charge >= 0.3 is 0 Å². The van der Waals surface area contributed by atoms with Gasteiger partial charge in [0.1, 0.15) is 12.4 Å². The fraction of sp³-hybridized carbons (Fsp3) is 0.429. The first-order valence-corrected chi connectivity index (χ1v) is 5.90. The van der Waals surface area contributed by atoms with Gasteiger partial charge in [-0.25, -0.2) is 0 Å². The van der Waals surface area contributed by atoms with Crippen LogP contribution in [0.2, 0.25) is 5.02 Å². The summed E-state index contributed by atoms with van der Waals surface area (Å²) < 4.78 is 5.47. The Morgan fingerprint density at radius 1 is 1.41 bits per heavy atom. The maximum Gasteiger partial charge on any atom is 0.148 e. The maximum absolute atomic E-state index is 6.09. The highest BCUT2D eigenvalue weighted by atomic mass is 35.5. The van der Waals surface area contributed by atoms with Crippen molar-refractivity contribution >= 4 is 11.6 Å². The summed E-state index contributed by atoms with van der Waals surface area (Å²) >= 11 is 6.09. The maximum atomic E-state index is 6.09. The summed E-state index contributed by atoms with van der Waals surface area (Å²) in [5, 5.41) is 3.98. The van der Waals surface area contributed by atoms with Gasteiger partial charge in [0.2, 0.25) is 0 Å². The van der Waals surface area contributed by atoms with Gasteiger partial charge in [-0.1, -0.05) is 29.7 Å². The summed E-state index contributed by atoms with van der Waals surface area (Å²) in [6, 6.07) is 5.69. The lowest BCUT2D eigenvalue weighted by Gasteiger charge is -2.21. The molecule has 92 valence electrons. The van der Waals surface area contributed by atoms with Gasteiger partial charge in [-0.3, -0.25) is 0 Å². The Labute approximate surface area is 108 Å². The van der Waals surface area contributed by atoms with Gasteiger partial charge in [-0.15, -0.1) is 6.42 Å². The summed E-state index contributed by atoms with van der Waals surface area (Å²) in [5.74, 6) is 3.11. The molecular formula is C14H18ClNO. The Bertz CT molecular complexity index is 415. The van der Waals surface area contributed by atoms with Crippen molar-refractivity contribution in [2.24, 2.45) is 0 Å². The molecule has 1 aromatic rings. The topological polar surface area (TPSA) is 21.3 Å². The van der Waals surface area contributed by atoms with E-state index in [0.29, 0.717) is 17.3 Å². The average Bonchev–Trinajstić information content (AvgIpc) is 2.24. The van der Waals surface area contributed by atoms with Crippen LogP contribution < -0.4 is 10.1 Å². The van der Waals surface area contributed by atoms with Gasteiger partial charge < -0.3 is 10.1 Å². The smallest absolute Gasteiger partial charge is 0.148 e. The zero-order valence-electron chi connectivity index (χ0n) is 10.5. The number of nitrogens with one attached hydrogen (secondary N) is 1. The Hall–Kier alpha value is -1.17. The summed E-state index contributed by atoms with van der Waals surface area (Å²) in [4.78, 5) is 0. The van der Waals surface area contributed by atoms with Crippen LogP contribution in [-0.2, 0) is 6.54 Å². The van der Waals surface area contributed by atoms with Gasteiger partial charge in [0, 0.05) is 17.6 Å². The highest BCUT2D eigenvalue weighted by molar-refractivity contribution is 6.32. The second-order valence-electron chi connectivity index (χ2n) is 4.82. The summed E-state index contributed by atoms with van der Waals surface area (Å²) in [6.07, 6.45) is 5.19. The van der Waals surface area contributed by atoms with E-state index in [1.807, 2.05) is 12.1 Å². The first-order chi connectivity index (χ1) is 7.94. The van der Waals surface area contributed by atoms with Crippen LogP contribution in [0.5, 0.6) is 5.75 Å². The SMILES string of the molecule is C#CCOc1c(Cl)cccc1CNC(C)(C)C. The number of hydrogen-bond donors (Lipinski definition) is 1. The van der Waals surface area contributed by atoms with Gasteiger partial charge in [-0.2, -0.15) is 0 Å². The van der Waals surface area contributed by atoms with Crippen molar-refractivity contribution in [3.05, 3.63) is 28.8 Å². The van der Waals surface area contributed by atoms with E-state index in [1.54, 1.807) is 6.07 Å². The van der Waals surface area contributed by atoms with Crippen LogP contribution in [0, 0.1) is 12.3 Å². The molecule has 0 bridgehead atoms. The van der Waals surface area contributed by atoms with E-state index in [2.05, 4.69) is 32.0 Å². The number of rotatable bonds is 4. The van der Waals surface area contributed by atoms with Crippen LogP contribution in [0.25, 0.3) is 0 Å². The van der Waals surface area contributed by atoms with Crippen molar-refractivity contribution in [1.29, 1.82) is 0 Å². The van der Waals surface area contributed by atoms with Crippen LogP contribution in [0.15, 0.2) is 18.2 Å². The summed E-state index contributed by atoms with van der Waals surface area (Å²) in [6.45, 7) is 7.26. The lowest BCUT2D eigenvalue weighted by molar-refractivity contribution is 0.359. The third kappa shape index (κ3) is 4.68. The van der Waals surface area contributed by atoms with E-state index in [9.17, 15) is 0 Å². The third-order valence-corrected chi connectivity index (χ3v) is 2.46. The van der Waals surface area contributed by atoms with Crippen LogP contribution in [0.4, 0.5) is 0 Å². The number of benzene rings is 1. The minimum absolute atomic E-state index is 0.0473. The van der Waals surface area contributed by atoms with Gasteiger partial charge in [0.25, 0.3) is 0 Å². The largest absolute Gasteiger partial charge is 0.479 e. The number of halogens is 1. The molecule has 0 fully saturated rings. The molecule has 0 heterocycles. The monoisotopic (exact) mass is 251 g/mol. The number of ether oxygens (including phenoxy) is 1. The fourth-order valence-corrected chi connectivity index (χ4v) is 1.58. The van der Waals surface area contributed by atoms with E-state index in [1.165, 1.54) is 0 Å². The number of terminal acetylenes is 1. The molecule has 17 heavy (non-hydrogen) atoms. The Morgan fingerprint density at radius 3 is 2.71 bits per heavy atom. The standard InChI is InChI=1S/C14H18ClNO/c1-5-9-17-13-11(7-6-8-12(13)15)10-16-14(2,3)4/h1,6-8,16H,9-10H2,2-4H3. The molecular weight excluding hydrogens is 234 g/mol. The molecule has 0 aliphatic heterocycles. The van der Waals surface area contributed by atoms with E-state index in [4.69, 9.17) is 22.8 Å². The third-order valence-electron chi connectivity index (χ3n) is 2.16. The minimum atomic E-state index is 0.0473. The summed E-state index contributed by atoms with van der Waals surface area (Å²) in [5.41, 5.74) is 1.06. The molecule has 0 saturated heterocycles. The molecule has 0 spiro atoms. The molecule has 0 atom stereocenters. The molecule has 0 unspecified atom stereocenters. The van der Waals surface area contributed by atoms with Crippen molar-refractivity contribution < 1.29 is 4.74 Å². The highest BCUT2D eigenvalue weighted by Gasteiger charge is 2.12. The Morgan fingerprint density at radius 2 is 2.12 bits per heavy atom. The molecule has 3 heteroatoms. The molecule has 0 aromatic heterocycles. The highest BCUT2D eigenvalue weighted by Crippen LogP contribution is 2.28. The minimum Gasteiger partial charge on any atom is -0.479 e. The average molecular weight is 252 g/mol. The van der Waals surface area contributed by atoms with E-state index < -0.39 is 0 Å². The molecule has 2 nitrogen and oxygen atoms in total. The van der Waals surface area contributed by atoms with Crippen LogP contribution in [0.3, 0.4) is 0 Å². The molecule has 0 radical (unpaired) electrons.